The zero-order chi connectivity index (χ0) is 15.2. The van der Waals surface area contributed by atoms with Crippen LogP contribution < -0.4 is 0 Å². The van der Waals surface area contributed by atoms with E-state index >= 15 is 0 Å². The van der Waals surface area contributed by atoms with Gasteiger partial charge in [-0.3, -0.25) is 4.21 Å². The van der Waals surface area contributed by atoms with Gasteiger partial charge in [0.15, 0.2) is 0 Å². The highest BCUT2D eigenvalue weighted by Gasteiger charge is 2.15. The smallest absolute Gasteiger partial charge is 0.112 e. The minimum atomic E-state index is -1.34. The molecule has 0 aromatic rings. The van der Waals surface area contributed by atoms with Crippen LogP contribution in [-0.2, 0) is 10.8 Å². The highest BCUT2D eigenvalue weighted by atomic mass is 32.2. The Bertz CT molecular complexity index is 215. The zero-order valence-corrected chi connectivity index (χ0v) is 14.0. The monoisotopic (exact) mass is 310 g/mol. The van der Waals surface area contributed by atoms with E-state index in [4.69, 9.17) is 0 Å². The molecule has 4 heteroatoms. The number of halogens is 2. The van der Waals surface area contributed by atoms with Crippen molar-refractivity contribution >= 4 is 10.8 Å². The summed E-state index contributed by atoms with van der Waals surface area (Å²) in [5.74, 6) is 0.0308. The van der Waals surface area contributed by atoms with Crippen molar-refractivity contribution < 1.29 is 13.0 Å². The van der Waals surface area contributed by atoms with Gasteiger partial charge < -0.3 is 0 Å². The van der Waals surface area contributed by atoms with Gasteiger partial charge in [-0.1, -0.05) is 65.2 Å². The summed E-state index contributed by atoms with van der Waals surface area (Å²) in [6.45, 7) is 4.23. The molecule has 2 unspecified atom stereocenters. The van der Waals surface area contributed by atoms with E-state index in [1.54, 1.807) is 0 Å². The maximum atomic E-state index is 13.6. The topological polar surface area (TPSA) is 17.1 Å². The lowest BCUT2D eigenvalue weighted by atomic mass is 10.1. The first kappa shape index (κ1) is 20.0. The second-order valence-electron chi connectivity index (χ2n) is 5.67. The first-order chi connectivity index (χ1) is 9.60. The van der Waals surface area contributed by atoms with E-state index in [1.807, 2.05) is 0 Å². The van der Waals surface area contributed by atoms with E-state index in [2.05, 4.69) is 13.8 Å². The highest BCUT2D eigenvalue weighted by Crippen LogP contribution is 2.12. The molecule has 2 atom stereocenters. The molecule has 0 rings (SSSR count). The molecule has 0 heterocycles. The quantitative estimate of drug-likeness (QED) is 0.395. The van der Waals surface area contributed by atoms with Crippen molar-refractivity contribution in [2.75, 3.05) is 11.5 Å². The van der Waals surface area contributed by atoms with Crippen LogP contribution in [-0.4, -0.2) is 28.1 Å². The van der Waals surface area contributed by atoms with E-state index in [9.17, 15) is 13.0 Å². The molecule has 0 aromatic heterocycles. The van der Waals surface area contributed by atoms with Gasteiger partial charge in [0.25, 0.3) is 0 Å². The van der Waals surface area contributed by atoms with Crippen molar-refractivity contribution in [2.45, 2.75) is 90.4 Å². The van der Waals surface area contributed by atoms with Gasteiger partial charge in [-0.15, -0.1) is 0 Å². The van der Waals surface area contributed by atoms with Crippen LogP contribution >= 0.6 is 0 Å². The van der Waals surface area contributed by atoms with E-state index in [0.717, 1.165) is 51.4 Å². The summed E-state index contributed by atoms with van der Waals surface area (Å²) in [7, 11) is -1.34. The Balaban J connectivity index is 3.59. The van der Waals surface area contributed by atoms with Crippen molar-refractivity contribution in [2.24, 2.45) is 0 Å². The Kier molecular flexibility index (Phi) is 14.0. The molecule has 0 aliphatic carbocycles. The lowest BCUT2D eigenvalue weighted by Crippen LogP contribution is -2.20. The fourth-order valence-electron chi connectivity index (χ4n) is 2.22. The van der Waals surface area contributed by atoms with Gasteiger partial charge in [-0.2, -0.15) is 0 Å². The molecule has 0 spiro atoms. The Morgan fingerprint density at radius 2 is 1.15 bits per heavy atom. The Morgan fingerprint density at radius 3 is 1.50 bits per heavy atom. The van der Waals surface area contributed by atoms with Crippen LogP contribution in [0, 0.1) is 0 Å². The van der Waals surface area contributed by atoms with Crippen molar-refractivity contribution in [3.8, 4) is 0 Å². The van der Waals surface area contributed by atoms with Gasteiger partial charge in [-0.05, 0) is 12.8 Å². The minimum Gasteiger partial charge on any atom is -0.259 e. The third-order valence-electron chi connectivity index (χ3n) is 3.48. The average Bonchev–Trinajstić information content (AvgIpc) is 2.39. The lowest BCUT2D eigenvalue weighted by molar-refractivity contribution is 0.325. The van der Waals surface area contributed by atoms with Crippen molar-refractivity contribution in [3.63, 3.8) is 0 Å². The summed E-state index contributed by atoms with van der Waals surface area (Å²) in [6.07, 6.45) is 7.16. The van der Waals surface area contributed by atoms with E-state index < -0.39 is 23.1 Å². The molecular formula is C16H32F2OS. The molecule has 0 aliphatic rings. The SMILES string of the molecule is CCCCCCC(F)CS(=O)CC(F)CCCCCC. The van der Waals surface area contributed by atoms with Crippen LogP contribution in [0.5, 0.6) is 0 Å². The van der Waals surface area contributed by atoms with Crippen molar-refractivity contribution in [1.29, 1.82) is 0 Å². The minimum absolute atomic E-state index is 0.0154. The third kappa shape index (κ3) is 13.0. The molecule has 0 aromatic carbocycles. The third-order valence-corrected chi connectivity index (χ3v) is 4.94. The number of unbranched alkanes of at least 4 members (excludes halogenated alkanes) is 6. The van der Waals surface area contributed by atoms with E-state index in [-0.39, 0.29) is 11.5 Å². The van der Waals surface area contributed by atoms with Gasteiger partial charge in [0.05, 0.1) is 11.5 Å². The molecule has 0 radical (unpaired) electrons. The fourth-order valence-corrected chi connectivity index (χ4v) is 3.50. The molecule has 0 saturated carbocycles. The molecule has 0 aliphatic heterocycles. The molecule has 0 N–H and O–H groups in total. The standard InChI is InChI=1S/C16H32F2OS/c1-3-5-7-9-11-15(17)13-20(19)14-16(18)12-10-8-6-4-2/h15-16H,3-14H2,1-2H3. The molecule has 0 amide bonds. The number of hydrogen-bond acceptors (Lipinski definition) is 1. The van der Waals surface area contributed by atoms with Crippen molar-refractivity contribution in [1.82, 2.24) is 0 Å². The average molecular weight is 310 g/mol. The molecule has 1 nitrogen and oxygen atoms in total. The molecule has 0 saturated heterocycles. The molecule has 0 bridgehead atoms. The second kappa shape index (κ2) is 14.0. The maximum absolute atomic E-state index is 13.6. The van der Waals surface area contributed by atoms with Crippen LogP contribution in [0.1, 0.15) is 78.1 Å². The number of alkyl halides is 2. The number of hydrogen-bond donors (Lipinski definition) is 0. The van der Waals surface area contributed by atoms with Gasteiger partial charge in [0, 0.05) is 10.8 Å². The van der Waals surface area contributed by atoms with Gasteiger partial charge in [0.2, 0.25) is 0 Å². The van der Waals surface area contributed by atoms with Crippen LogP contribution in [0.3, 0.4) is 0 Å². The highest BCUT2D eigenvalue weighted by molar-refractivity contribution is 7.85. The van der Waals surface area contributed by atoms with E-state index in [0.29, 0.717) is 12.8 Å². The summed E-state index contributed by atoms with van der Waals surface area (Å²) in [4.78, 5) is 0. The first-order valence-corrected chi connectivity index (χ1v) is 9.72. The Labute approximate surface area is 126 Å². The largest absolute Gasteiger partial charge is 0.259 e. The van der Waals surface area contributed by atoms with Crippen LogP contribution in [0.15, 0.2) is 0 Å². The molecule has 122 valence electrons. The van der Waals surface area contributed by atoms with E-state index in [1.165, 1.54) is 0 Å². The summed E-state index contributed by atoms with van der Waals surface area (Å²) in [6, 6.07) is 0. The fraction of sp³-hybridized carbons (Fsp3) is 1.00. The molecular weight excluding hydrogens is 278 g/mol. The second-order valence-corrected chi connectivity index (χ2v) is 7.21. The predicted octanol–water partition coefficient (Wildman–Crippen LogP) is 5.35. The summed E-state index contributed by atoms with van der Waals surface area (Å²) < 4.78 is 38.8. The summed E-state index contributed by atoms with van der Waals surface area (Å²) in [5, 5.41) is 0. The summed E-state index contributed by atoms with van der Waals surface area (Å²) in [5.41, 5.74) is 0. The molecule has 0 fully saturated rings. The maximum Gasteiger partial charge on any atom is 0.112 e. The van der Waals surface area contributed by atoms with Crippen LogP contribution in [0.4, 0.5) is 8.78 Å². The Hall–Kier alpha value is 0.01000. The normalized spacial score (nSPS) is 16.0. The summed E-state index contributed by atoms with van der Waals surface area (Å²) >= 11 is 0. The van der Waals surface area contributed by atoms with Crippen molar-refractivity contribution in [3.05, 3.63) is 0 Å². The van der Waals surface area contributed by atoms with Gasteiger partial charge >= 0.3 is 0 Å². The first-order valence-electron chi connectivity index (χ1n) is 8.23. The Morgan fingerprint density at radius 1 is 0.750 bits per heavy atom. The number of rotatable bonds is 14. The van der Waals surface area contributed by atoms with Crippen LogP contribution in [0.25, 0.3) is 0 Å². The predicted molar refractivity (Wildman–Crippen MR) is 85.2 cm³/mol. The van der Waals surface area contributed by atoms with Gasteiger partial charge in [-0.25, -0.2) is 8.78 Å². The zero-order valence-electron chi connectivity index (χ0n) is 13.2. The lowest BCUT2D eigenvalue weighted by Gasteiger charge is -2.10. The van der Waals surface area contributed by atoms with Gasteiger partial charge in [0.1, 0.15) is 12.3 Å². The van der Waals surface area contributed by atoms with Crippen LogP contribution in [0.2, 0.25) is 0 Å². The molecule has 20 heavy (non-hydrogen) atoms.